The van der Waals surface area contributed by atoms with E-state index in [1.165, 1.54) is 35.7 Å². The molecule has 10 heteroatoms. The largest absolute Gasteiger partial charge is 0.361 e. The van der Waals surface area contributed by atoms with Crippen LogP contribution < -0.4 is 10.0 Å². The number of benzene rings is 2. The van der Waals surface area contributed by atoms with Crippen LogP contribution in [0.1, 0.15) is 21.7 Å². The van der Waals surface area contributed by atoms with Crippen LogP contribution >= 0.6 is 22.9 Å². The zero-order valence-corrected chi connectivity index (χ0v) is 17.5. The predicted molar refractivity (Wildman–Crippen MR) is 112 cm³/mol. The molecule has 0 amide bonds. The van der Waals surface area contributed by atoms with Gasteiger partial charge in [-0.2, -0.15) is 0 Å². The molecular weight excluding hydrogens is 437 g/mol. The van der Waals surface area contributed by atoms with Crippen molar-refractivity contribution in [2.24, 2.45) is 0 Å². The highest BCUT2D eigenvalue weighted by Gasteiger charge is 2.18. The minimum Gasteiger partial charge on any atom is -0.361 e. The fourth-order valence-electron chi connectivity index (χ4n) is 2.47. The molecule has 3 aromatic rings. The van der Waals surface area contributed by atoms with Gasteiger partial charge in [-0.3, -0.25) is 4.79 Å². The number of aromatic nitrogens is 1. The minimum atomic E-state index is -3.90. The van der Waals surface area contributed by atoms with Crippen LogP contribution in [0, 0.1) is 5.82 Å². The number of sulfonamides is 1. The molecule has 6 nitrogen and oxygen atoms in total. The van der Waals surface area contributed by atoms with Crippen molar-refractivity contribution < 1.29 is 17.6 Å². The van der Waals surface area contributed by atoms with E-state index in [1.807, 2.05) is 0 Å². The van der Waals surface area contributed by atoms with Gasteiger partial charge in [0, 0.05) is 18.7 Å². The Hall–Kier alpha value is -2.33. The number of thiazole rings is 1. The Labute approximate surface area is 176 Å². The summed E-state index contributed by atoms with van der Waals surface area (Å²) >= 11 is 7.24. The second-order valence-electron chi connectivity index (χ2n) is 5.95. The molecule has 1 heterocycles. The topological polar surface area (TPSA) is 88.2 Å². The van der Waals surface area contributed by atoms with Gasteiger partial charge >= 0.3 is 0 Å². The van der Waals surface area contributed by atoms with Crippen LogP contribution in [0.3, 0.4) is 0 Å². The van der Waals surface area contributed by atoms with Crippen molar-refractivity contribution >= 4 is 43.9 Å². The average molecular weight is 454 g/mol. The molecule has 1 aromatic heterocycles. The molecule has 0 aliphatic rings. The van der Waals surface area contributed by atoms with E-state index < -0.39 is 15.8 Å². The van der Waals surface area contributed by atoms with Crippen molar-refractivity contribution in [3.05, 3.63) is 76.0 Å². The Morgan fingerprint density at radius 1 is 1.10 bits per heavy atom. The first-order valence-corrected chi connectivity index (χ1v) is 11.3. The summed E-state index contributed by atoms with van der Waals surface area (Å²) in [5.41, 5.74) is 0.409. The first-order chi connectivity index (χ1) is 13.9. The Balaban J connectivity index is 1.49. The number of carbonyl (C=O) groups excluding carboxylic acids is 1. The number of hydrogen-bond donors (Lipinski definition) is 2. The molecule has 0 aliphatic heterocycles. The number of halogens is 2. The molecule has 0 aliphatic carbocycles. The molecule has 0 bridgehead atoms. The zero-order valence-electron chi connectivity index (χ0n) is 15.1. The van der Waals surface area contributed by atoms with Crippen molar-refractivity contribution in [3.63, 3.8) is 0 Å². The number of nitrogens with zero attached hydrogens (tertiary/aromatic N) is 1. The number of anilines is 1. The lowest BCUT2D eigenvalue weighted by molar-refractivity contribution is 0.104. The van der Waals surface area contributed by atoms with E-state index in [0.29, 0.717) is 33.6 Å². The van der Waals surface area contributed by atoms with E-state index >= 15 is 0 Å². The third-order valence-electron chi connectivity index (χ3n) is 3.90. The van der Waals surface area contributed by atoms with Crippen LogP contribution in [-0.2, 0) is 10.0 Å². The van der Waals surface area contributed by atoms with Crippen molar-refractivity contribution in [2.75, 3.05) is 18.4 Å². The smallest absolute Gasteiger partial charge is 0.243 e. The molecule has 0 saturated carbocycles. The van der Waals surface area contributed by atoms with E-state index in [9.17, 15) is 17.6 Å². The summed E-state index contributed by atoms with van der Waals surface area (Å²) < 4.78 is 40.2. The van der Waals surface area contributed by atoms with E-state index in [4.69, 9.17) is 11.6 Å². The summed E-state index contributed by atoms with van der Waals surface area (Å²) in [5.74, 6) is -1.00. The van der Waals surface area contributed by atoms with Crippen LogP contribution in [0.4, 0.5) is 9.52 Å². The van der Waals surface area contributed by atoms with Gasteiger partial charge in [0.2, 0.25) is 15.8 Å². The van der Waals surface area contributed by atoms with E-state index in [2.05, 4.69) is 15.0 Å². The summed E-state index contributed by atoms with van der Waals surface area (Å²) in [6, 6.07) is 12.0. The highest BCUT2D eigenvalue weighted by Crippen LogP contribution is 2.24. The molecule has 152 valence electrons. The quantitative estimate of drug-likeness (QED) is 0.378. The second-order valence-corrected chi connectivity index (χ2v) is 9.12. The molecule has 0 radical (unpaired) electrons. The summed E-state index contributed by atoms with van der Waals surface area (Å²) in [4.78, 5) is 16.7. The molecule has 0 unspecified atom stereocenters. The lowest BCUT2D eigenvalue weighted by Crippen LogP contribution is -2.26. The van der Waals surface area contributed by atoms with Crippen LogP contribution in [0.25, 0.3) is 0 Å². The highest BCUT2D eigenvalue weighted by atomic mass is 35.5. The number of rotatable bonds is 9. The van der Waals surface area contributed by atoms with Gasteiger partial charge in [0.1, 0.15) is 10.7 Å². The Kier molecular flexibility index (Phi) is 6.96. The molecule has 2 aromatic carbocycles. The molecule has 0 atom stereocenters. The van der Waals surface area contributed by atoms with Crippen LogP contribution in [0.2, 0.25) is 5.02 Å². The molecule has 0 saturated heterocycles. The Morgan fingerprint density at radius 2 is 1.83 bits per heavy atom. The van der Waals surface area contributed by atoms with Crippen molar-refractivity contribution in [2.45, 2.75) is 11.3 Å². The van der Waals surface area contributed by atoms with Gasteiger partial charge in [0.05, 0.1) is 16.1 Å². The maximum atomic E-state index is 13.6. The molecule has 29 heavy (non-hydrogen) atoms. The van der Waals surface area contributed by atoms with Gasteiger partial charge in [-0.25, -0.2) is 22.5 Å². The van der Waals surface area contributed by atoms with Crippen LogP contribution in [0.5, 0.6) is 0 Å². The fraction of sp³-hybridized carbons (Fsp3) is 0.158. The van der Waals surface area contributed by atoms with Gasteiger partial charge in [-0.15, -0.1) is 0 Å². The third-order valence-corrected chi connectivity index (χ3v) is 6.67. The Morgan fingerprint density at radius 3 is 2.59 bits per heavy atom. The van der Waals surface area contributed by atoms with Gasteiger partial charge < -0.3 is 5.32 Å². The monoisotopic (exact) mass is 453 g/mol. The van der Waals surface area contributed by atoms with E-state index in [0.717, 1.165) is 6.07 Å². The number of carbonyl (C=O) groups is 1. The maximum absolute atomic E-state index is 13.6. The van der Waals surface area contributed by atoms with Crippen LogP contribution in [-0.4, -0.2) is 32.3 Å². The van der Waals surface area contributed by atoms with Crippen molar-refractivity contribution in [1.29, 1.82) is 0 Å². The van der Waals surface area contributed by atoms with E-state index in [1.54, 1.807) is 24.3 Å². The second kappa shape index (κ2) is 9.45. The summed E-state index contributed by atoms with van der Waals surface area (Å²) in [7, 11) is -3.90. The lowest BCUT2D eigenvalue weighted by Gasteiger charge is -2.07. The van der Waals surface area contributed by atoms with E-state index in [-0.39, 0.29) is 17.2 Å². The summed E-state index contributed by atoms with van der Waals surface area (Å²) in [6.45, 7) is 0.549. The molecule has 3 rings (SSSR count). The van der Waals surface area contributed by atoms with Gasteiger partial charge in [-0.05, 0) is 30.7 Å². The minimum absolute atomic E-state index is 0.125. The standard InChI is InChI=1S/C19H17ClFN3O3S2/c20-14-7-2-1-6-13(14)18(25)16-12-23-19(28-16)22-10-5-11-24-29(26,27)17-9-4-3-8-15(17)21/h1-4,6-9,12,24H,5,10-11H2,(H,22,23). The number of hydrogen-bond acceptors (Lipinski definition) is 6. The molecule has 2 N–H and O–H groups in total. The summed E-state index contributed by atoms with van der Waals surface area (Å²) in [5, 5.41) is 3.95. The highest BCUT2D eigenvalue weighted by molar-refractivity contribution is 7.89. The van der Waals surface area contributed by atoms with Gasteiger partial charge in [-0.1, -0.05) is 47.2 Å². The first kappa shape index (κ1) is 21.4. The van der Waals surface area contributed by atoms with Gasteiger partial charge in [0.15, 0.2) is 5.13 Å². The van der Waals surface area contributed by atoms with Crippen molar-refractivity contribution in [3.8, 4) is 0 Å². The molecule has 0 fully saturated rings. The third kappa shape index (κ3) is 5.39. The lowest BCUT2D eigenvalue weighted by atomic mass is 10.1. The normalized spacial score (nSPS) is 11.4. The van der Waals surface area contributed by atoms with Crippen LogP contribution in [0.15, 0.2) is 59.6 Å². The SMILES string of the molecule is O=C(c1cnc(NCCCNS(=O)(=O)c2ccccc2F)s1)c1ccccc1Cl. The predicted octanol–water partition coefficient (Wildman–Crippen LogP) is 3.95. The summed E-state index contributed by atoms with van der Waals surface area (Å²) in [6.07, 6.45) is 1.92. The zero-order chi connectivity index (χ0) is 20.9. The molecular formula is C19H17ClFN3O3S2. The molecule has 0 spiro atoms. The maximum Gasteiger partial charge on any atom is 0.243 e. The average Bonchev–Trinajstić information content (AvgIpc) is 3.16. The first-order valence-electron chi connectivity index (χ1n) is 8.61. The Bertz CT molecular complexity index is 1120. The number of nitrogens with one attached hydrogen (secondary N) is 2. The van der Waals surface area contributed by atoms with Crippen molar-refractivity contribution in [1.82, 2.24) is 9.71 Å². The van der Waals surface area contributed by atoms with Gasteiger partial charge in [0.25, 0.3) is 0 Å². The number of ketones is 1. The fourth-order valence-corrected chi connectivity index (χ4v) is 4.64.